The van der Waals surface area contributed by atoms with Crippen LogP contribution in [0.3, 0.4) is 0 Å². The van der Waals surface area contributed by atoms with Gasteiger partial charge in [-0.3, -0.25) is 4.79 Å². The van der Waals surface area contributed by atoms with E-state index in [-0.39, 0.29) is 18.3 Å². The van der Waals surface area contributed by atoms with Gasteiger partial charge in [0.1, 0.15) is 0 Å². The van der Waals surface area contributed by atoms with Crippen LogP contribution in [0.5, 0.6) is 0 Å². The third-order valence-electron chi connectivity index (χ3n) is 2.74. The number of halogens is 1. The van der Waals surface area contributed by atoms with E-state index in [4.69, 9.17) is 0 Å². The number of para-hydroxylation sites is 1. The highest BCUT2D eigenvalue weighted by atomic mass is 35.5. The van der Waals surface area contributed by atoms with E-state index in [0.29, 0.717) is 18.4 Å². The molecule has 0 saturated carbocycles. The van der Waals surface area contributed by atoms with Crippen LogP contribution in [0.15, 0.2) is 30.3 Å². The smallest absolute Gasteiger partial charge is 0.241 e. The van der Waals surface area contributed by atoms with Gasteiger partial charge in [-0.25, -0.2) is 0 Å². The summed E-state index contributed by atoms with van der Waals surface area (Å²) in [7, 11) is 0. The standard InChI is InChI=1S/C16H26N2O.ClH/c1-13(2)11-18(12-14(3)4)16(19)10-17-15-8-6-5-7-9-15;/h5-9,13-14,17H,10-12H2,1-4H3;1H. The summed E-state index contributed by atoms with van der Waals surface area (Å²) in [4.78, 5) is 14.2. The first-order valence-corrected chi connectivity index (χ1v) is 7.05. The number of carbonyl (C=O) groups excluding carboxylic acids is 1. The largest absolute Gasteiger partial charge is 0.376 e. The number of hydrogen-bond acceptors (Lipinski definition) is 2. The van der Waals surface area contributed by atoms with Gasteiger partial charge < -0.3 is 10.2 Å². The minimum atomic E-state index is 0. The summed E-state index contributed by atoms with van der Waals surface area (Å²) in [6.07, 6.45) is 0. The summed E-state index contributed by atoms with van der Waals surface area (Å²) >= 11 is 0. The molecule has 0 aliphatic heterocycles. The molecule has 1 amide bonds. The number of hydrogen-bond donors (Lipinski definition) is 1. The molecule has 4 heteroatoms. The topological polar surface area (TPSA) is 32.3 Å². The van der Waals surface area contributed by atoms with Crippen molar-refractivity contribution >= 4 is 24.0 Å². The number of benzene rings is 1. The first-order valence-electron chi connectivity index (χ1n) is 7.05. The van der Waals surface area contributed by atoms with Gasteiger partial charge in [0.25, 0.3) is 0 Å². The molecule has 0 heterocycles. The van der Waals surface area contributed by atoms with Crippen LogP contribution in [-0.2, 0) is 4.79 Å². The average molecular weight is 299 g/mol. The minimum Gasteiger partial charge on any atom is -0.376 e. The number of anilines is 1. The molecule has 0 atom stereocenters. The van der Waals surface area contributed by atoms with E-state index in [0.717, 1.165) is 18.8 Å². The molecule has 0 aromatic heterocycles. The predicted molar refractivity (Wildman–Crippen MR) is 88.4 cm³/mol. The second kappa shape index (κ2) is 9.65. The Morgan fingerprint density at radius 1 is 1.05 bits per heavy atom. The maximum Gasteiger partial charge on any atom is 0.241 e. The Labute approximate surface area is 129 Å². The van der Waals surface area contributed by atoms with E-state index in [1.165, 1.54) is 0 Å². The Kier molecular flexibility index (Phi) is 9.06. The maximum absolute atomic E-state index is 12.3. The fourth-order valence-corrected chi connectivity index (χ4v) is 2.01. The Morgan fingerprint density at radius 3 is 2.00 bits per heavy atom. The summed E-state index contributed by atoms with van der Waals surface area (Å²) in [6.45, 7) is 10.6. The van der Waals surface area contributed by atoms with Crippen molar-refractivity contribution in [2.75, 3.05) is 25.0 Å². The Bertz CT molecular complexity index is 369. The van der Waals surface area contributed by atoms with Crippen molar-refractivity contribution in [3.63, 3.8) is 0 Å². The summed E-state index contributed by atoms with van der Waals surface area (Å²) in [5.41, 5.74) is 0.991. The van der Waals surface area contributed by atoms with E-state index in [9.17, 15) is 4.79 Å². The van der Waals surface area contributed by atoms with Gasteiger partial charge in [-0.05, 0) is 24.0 Å². The molecule has 1 N–H and O–H groups in total. The Hall–Kier alpha value is -1.22. The van der Waals surface area contributed by atoms with Crippen LogP contribution in [0.4, 0.5) is 5.69 Å². The SMILES string of the molecule is CC(C)CN(CC(C)C)C(=O)CNc1ccccc1.Cl. The zero-order valence-corrected chi connectivity index (χ0v) is 13.7. The summed E-state index contributed by atoms with van der Waals surface area (Å²) < 4.78 is 0. The lowest BCUT2D eigenvalue weighted by Gasteiger charge is -2.26. The van der Waals surface area contributed by atoms with Crippen LogP contribution < -0.4 is 5.32 Å². The molecule has 0 spiro atoms. The van der Waals surface area contributed by atoms with Crippen molar-refractivity contribution < 1.29 is 4.79 Å². The van der Waals surface area contributed by atoms with Gasteiger partial charge in [0.2, 0.25) is 5.91 Å². The monoisotopic (exact) mass is 298 g/mol. The number of nitrogens with zero attached hydrogens (tertiary/aromatic N) is 1. The number of carbonyl (C=O) groups is 1. The first kappa shape index (κ1) is 18.8. The third kappa shape index (κ3) is 7.39. The average Bonchev–Trinajstić information content (AvgIpc) is 2.35. The van der Waals surface area contributed by atoms with Crippen molar-refractivity contribution in [2.24, 2.45) is 11.8 Å². The normalized spacial score (nSPS) is 10.3. The molecule has 114 valence electrons. The van der Waals surface area contributed by atoms with Crippen molar-refractivity contribution in [1.29, 1.82) is 0 Å². The Morgan fingerprint density at radius 2 is 1.55 bits per heavy atom. The summed E-state index contributed by atoms with van der Waals surface area (Å²) in [5, 5.41) is 3.18. The first-order chi connectivity index (χ1) is 8.99. The van der Waals surface area contributed by atoms with Crippen molar-refractivity contribution in [3.8, 4) is 0 Å². The van der Waals surface area contributed by atoms with E-state index < -0.39 is 0 Å². The van der Waals surface area contributed by atoms with E-state index in [2.05, 4.69) is 33.0 Å². The van der Waals surface area contributed by atoms with Crippen molar-refractivity contribution in [3.05, 3.63) is 30.3 Å². The highest BCUT2D eigenvalue weighted by molar-refractivity contribution is 5.85. The molecule has 0 radical (unpaired) electrons. The van der Waals surface area contributed by atoms with E-state index >= 15 is 0 Å². The molecule has 0 aliphatic carbocycles. The molecule has 0 bridgehead atoms. The minimum absolute atomic E-state index is 0. The van der Waals surface area contributed by atoms with Crippen LogP contribution in [0.1, 0.15) is 27.7 Å². The molecule has 0 saturated heterocycles. The van der Waals surface area contributed by atoms with Crippen LogP contribution in [0, 0.1) is 11.8 Å². The lowest BCUT2D eigenvalue weighted by Crippen LogP contribution is -2.40. The highest BCUT2D eigenvalue weighted by Gasteiger charge is 2.15. The van der Waals surface area contributed by atoms with Gasteiger partial charge in [-0.15, -0.1) is 12.4 Å². The quantitative estimate of drug-likeness (QED) is 0.833. The predicted octanol–water partition coefficient (Wildman–Crippen LogP) is 3.66. The maximum atomic E-state index is 12.3. The molecule has 3 nitrogen and oxygen atoms in total. The van der Waals surface area contributed by atoms with Crippen LogP contribution in [-0.4, -0.2) is 30.4 Å². The molecule has 20 heavy (non-hydrogen) atoms. The summed E-state index contributed by atoms with van der Waals surface area (Å²) in [5.74, 6) is 1.17. The fraction of sp³-hybridized carbons (Fsp3) is 0.562. The zero-order valence-electron chi connectivity index (χ0n) is 12.9. The van der Waals surface area contributed by atoms with Crippen LogP contribution in [0.25, 0.3) is 0 Å². The van der Waals surface area contributed by atoms with Gasteiger partial charge in [0.15, 0.2) is 0 Å². The van der Waals surface area contributed by atoms with Gasteiger partial charge >= 0.3 is 0 Å². The molecule has 0 fully saturated rings. The summed E-state index contributed by atoms with van der Waals surface area (Å²) in [6, 6.07) is 9.85. The van der Waals surface area contributed by atoms with Gasteiger partial charge in [0.05, 0.1) is 6.54 Å². The molecule has 1 rings (SSSR count). The van der Waals surface area contributed by atoms with Gasteiger partial charge in [-0.2, -0.15) is 0 Å². The number of rotatable bonds is 7. The zero-order chi connectivity index (χ0) is 14.3. The van der Waals surface area contributed by atoms with Crippen LogP contribution >= 0.6 is 12.4 Å². The lowest BCUT2D eigenvalue weighted by molar-refractivity contribution is -0.130. The molecule has 1 aromatic rings. The van der Waals surface area contributed by atoms with Gasteiger partial charge in [-0.1, -0.05) is 45.9 Å². The van der Waals surface area contributed by atoms with Crippen LogP contribution in [0.2, 0.25) is 0 Å². The molecule has 0 unspecified atom stereocenters. The molecular weight excluding hydrogens is 272 g/mol. The number of nitrogens with one attached hydrogen (secondary N) is 1. The van der Waals surface area contributed by atoms with Gasteiger partial charge in [0, 0.05) is 18.8 Å². The second-order valence-corrected chi connectivity index (χ2v) is 5.81. The van der Waals surface area contributed by atoms with Crippen molar-refractivity contribution in [2.45, 2.75) is 27.7 Å². The number of amides is 1. The van der Waals surface area contributed by atoms with E-state index in [1.807, 2.05) is 35.2 Å². The lowest BCUT2D eigenvalue weighted by atomic mass is 10.1. The van der Waals surface area contributed by atoms with E-state index in [1.54, 1.807) is 0 Å². The molecular formula is C16H27ClN2O. The fourth-order valence-electron chi connectivity index (χ4n) is 2.01. The molecule has 0 aliphatic rings. The Balaban J connectivity index is 0.00000361. The molecule has 1 aromatic carbocycles. The highest BCUT2D eigenvalue weighted by Crippen LogP contribution is 2.07. The second-order valence-electron chi connectivity index (χ2n) is 5.81. The van der Waals surface area contributed by atoms with Crippen molar-refractivity contribution in [1.82, 2.24) is 4.90 Å². The third-order valence-corrected chi connectivity index (χ3v) is 2.74.